The van der Waals surface area contributed by atoms with Gasteiger partial charge in [-0.05, 0) is 62.1 Å². The summed E-state index contributed by atoms with van der Waals surface area (Å²) in [6.45, 7) is 5.88. The van der Waals surface area contributed by atoms with Crippen molar-refractivity contribution < 1.29 is 9.59 Å². The molecule has 2 aliphatic rings. The fraction of sp³-hybridized carbons (Fsp3) is 0.417. The maximum absolute atomic E-state index is 13.3. The van der Waals surface area contributed by atoms with Gasteiger partial charge in [-0.15, -0.1) is 10.2 Å². The average molecular weight is 418 g/mol. The molecule has 0 N–H and O–H groups in total. The van der Waals surface area contributed by atoms with Crippen LogP contribution >= 0.6 is 0 Å². The minimum Gasteiger partial charge on any atom is -0.342 e. The maximum atomic E-state index is 13.3. The fourth-order valence-electron chi connectivity index (χ4n) is 5.01. The summed E-state index contributed by atoms with van der Waals surface area (Å²) in [7, 11) is 0. The fourth-order valence-corrected chi connectivity index (χ4v) is 5.01. The Kier molecular flexibility index (Phi) is 4.96. The van der Waals surface area contributed by atoms with E-state index in [0.717, 1.165) is 47.7 Å². The van der Waals surface area contributed by atoms with Crippen molar-refractivity contribution in [3.05, 3.63) is 59.5 Å². The zero-order chi connectivity index (χ0) is 21.5. The van der Waals surface area contributed by atoms with Crippen molar-refractivity contribution in [2.24, 2.45) is 5.92 Å². The summed E-state index contributed by atoms with van der Waals surface area (Å²) in [5.41, 5.74) is 3.96. The van der Waals surface area contributed by atoms with Gasteiger partial charge in [-0.3, -0.25) is 14.0 Å². The molecule has 2 aliphatic heterocycles. The lowest BCUT2D eigenvalue weighted by molar-refractivity contribution is -0.137. The number of carbonyl (C=O) groups is 2. The zero-order valence-electron chi connectivity index (χ0n) is 18.0. The Bertz CT molecular complexity index is 1130. The summed E-state index contributed by atoms with van der Waals surface area (Å²) in [5.74, 6) is 0.886. The number of nitrogens with zero attached hydrogens (tertiary/aromatic N) is 5. The van der Waals surface area contributed by atoms with Crippen LogP contribution in [0.4, 0.5) is 5.69 Å². The van der Waals surface area contributed by atoms with E-state index in [1.54, 1.807) is 4.90 Å². The Labute approximate surface area is 181 Å². The van der Waals surface area contributed by atoms with E-state index in [0.29, 0.717) is 13.1 Å². The molecule has 3 aromatic rings. The van der Waals surface area contributed by atoms with Crippen molar-refractivity contribution in [2.45, 2.75) is 39.0 Å². The number of anilines is 1. The number of rotatable bonds is 3. The van der Waals surface area contributed by atoms with Gasteiger partial charge in [0, 0.05) is 43.9 Å². The van der Waals surface area contributed by atoms with Crippen LogP contribution < -0.4 is 4.90 Å². The van der Waals surface area contributed by atoms with Crippen LogP contribution in [-0.2, 0) is 9.59 Å². The average Bonchev–Trinajstić information content (AvgIpc) is 3.36. The molecule has 2 amide bonds. The molecule has 0 radical (unpaired) electrons. The van der Waals surface area contributed by atoms with Crippen LogP contribution in [0, 0.1) is 19.8 Å². The predicted molar refractivity (Wildman–Crippen MR) is 118 cm³/mol. The van der Waals surface area contributed by atoms with Crippen molar-refractivity contribution in [1.29, 1.82) is 0 Å². The molecule has 7 heteroatoms. The SMILES string of the molecule is Cc1cc(C)cc(N2C[C@H](C(=O)N3CCC[C@H](c4nnc5ccccn45)C3)CC2=O)c1. The Morgan fingerprint density at radius 3 is 2.68 bits per heavy atom. The van der Waals surface area contributed by atoms with Gasteiger partial charge in [0.05, 0.1) is 5.92 Å². The molecule has 0 aliphatic carbocycles. The lowest BCUT2D eigenvalue weighted by Gasteiger charge is -2.33. The van der Waals surface area contributed by atoms with Gasteiger partial charge in [-0.1, -0.05) is 12.1 Å². The van der Waals surface area contributed by atoms with Crippen LogP contribution in [0.15, 0.2) is 42.6 Å². The summed E-state index contributed by atoms with van der Waals surface area (Å²) >= 11 is 0. The number of fused-ring (bicyclic) bond motifs is 1. The quantitative estimate of drug-likeness (QED) is 0.657. The van der Waals surface area contributed by atoms with Crippen molar-refractivity contribution in [1.82, 2.24) is 19.5 Å². The number of amides is 2. The van der Waals surface area contributed by atoms with Crippen LogP contribution in [0.1, 0.15) is 42.1 Å². The molecule has 0 unspecified atom stereocenters. The molecule has 0 saturated carbocycles. The number of aromatic nitrogens is 3. The molecule has 1 aromatic carbocycles. The number of hydrogen-bond donors (Lipinski definition) is 0. The minimum atomic E-state index is -0.290. The highest BCUT2D eigenvalue weighted by atomic mass is 16.2. The van der Waals surface area contributed by atoms with E-state index in [9.17, 15) is 9.59 Å². The van der Waals surface area contributed by atoms with Gasteiger partial charge in [0.15, 0.2) is 5.65 Å². The Morgan fingerprint density at radius 2 is 1.87 bits per heavy atom. The van der Waals surface area contributed by atoms with Crippen LogP contribution in [0.5, 0.6) is 0 Å². The molecular formula is C24H27N5O2. The third-order valence-corrected chi connectivity index (χ3v) is 6.43. The first-order chi connectivity index (χ1) is 15.0. The molecule has 160 valence electrons. The first-order valence-electron chi connectivity index (χ1n) is 11.0. The zero-order valence-corrected chi connectivity index (χ0v) is 18.0. The molecule has 2 atom stereocenters. The monoisotopic (exact) mass is 417 g/mol. The number of pyridine rings is 1. The number of likely N-dealkylation sites (tertiary alicyclic amines) is 1. The van der Waals surface area contributed by atoms with Gasteiger partial charge < -0.3 is 9.80 Å². The molecule has 2 saturated heterocycles. The van der Waals surface area contributed by atoms with Crippen molar-refractivity contribution in [2.75, 3.05) is 24.5 Å². The molecule has 7 nitrogen and oxygen atoms in total. The predicted octanol–water partition coefficient (Wildman–Crippen LogP) is 3.11. The molecule has 2 fully saturated rings. The van der Waals surface area contributed by atoms with Gasteiger partial charge in [-0.2, -0.15) is 0 Å². The first kappa shape index (κ1) is 19.7. The Balaban J connectivity index is 1.31. The van der Waals surface area contributed by atoms with E-state index < -0.39 is 0 Å². The molecular weight excluding hydrogens is 390 g/mol. The van der Waals surface area contributed by atoms with E-state index in [1.807, 2.05) is 59.7 Å². The van der Waals surface area contributed by atoms with Crippen LogP contribution in [0.2, 0.25) is 0 Å². The smallest absolute Gasteiger partial charge is 0.228 e. The normalized spacial score (nSPS) is 21.8. The largest absolute Gasteiger partial charge is 0.342 e. The standard InChI is InChI=1S/C24H27N5O2/c1-16-10-17(2)12-20(11-16)29-15-19(13-22(29)30)24(31)27-8-5-6-18(14-27)23-26-25-21-7-3-4-9-28(21)23/h3-4,7,9-12,18-19H,5-6,8,13-15H2,1-2H3/t18-,19+/m0/s1. The van der Waals surface area contributed by atoms with E-state index in [-0.39, 0.29) is 30.1 Å². The summed E-state index contributed by atoms with van der Waals surface area (Å²) < 4.78 is 2.01. The molecule has 0 spiro atoms. The van der Waals surface area contributed by atoms with Crippen LogP contribution in [0.25, 0.3) is 5.65 Å². The summed E-state index contributed by atoms with van der Waals surface area (Å²) in [4.78, 5) is 29.8. The number of carbonyl (C=O) groups excluding carboxylic acids is 2. The van der Waals surface area contributed by atoms with Gasteiger partial charge in [0.2, 0.25) is 11.8 Å². The van der Waals surface area contributed by atoms with Gasteiger partial charge in [-0.25, -0.2) is 0 Å². The Hall–Kier alpha value is -3.22. The summed E-state index contributed by atoms with van der Waals surface area (Å²) in [6, 6.07) is 12.0. The van der Waals surface area contributed by atoms with Crippen LogP contribution in [0.3, 0.4) is 0 Å². The Morgan fingerprint density at radius 1 is 1.06 bits per heavy atom. The van der Waals surface area contributed by atoms with E-state index in [2.05, 4.69) is 16.3 Å². The second kappa shape index (κ2) is 7.80. The topological polar surface area (TPSA) is 70.8 Å². The number of hydrogen-bond acceptors (Lipinski definition) is 4. The summed E-state index contributed by atoms with van der Waals surface area (Å²) in [5, 5.41) is 8.67. The summed E-state index contributed by atoms with van der Waals surface area (Å²) in [6.07, 6.45) is 4.17. The van der Waals surface area contributed by atoms with E-state index in [4.69, 9.17) is 0 Å². The highest BCUT2D eigenvalue weighted by Gasteiger charge is 2.39. The molecule has 31 heavy (non-hydrogen) atoms. The number of benzene rings is 1. The third kappa shape index (κ3) is 3.69. The maximum Gasteiger partial charge on any atom is 0.228 e. The van der Waals surface area contributed by atoms with Crippen molar-refractivity contribution in [3.8, 4) is 0 Å². The first-order valence-corrected chi connectivity index (χ1v) is 11.0. The van der Waals surface area contributed by atoms with E-state index >= 15 is 0 Å². The number of piperidine rings is 1. The van der Waals surface area contributed by atoms with Gasteiger partial charge >= 0.3 is 0 Å². The molecule has 5 rings (SSSR count). The number of aryl methyl sites for hydroxylation is 2. The van der Waals surface area contributed by atoms with E-state index in [1.165, 1.54) is 0 Å². The van der Waals surface area contributed by atoms with Gasteiger partial charge in [0.25, 0.3) is 0 Å². The van der Waals surface area contributed by atoms with Crippen molar-refractivity contribution >= 4 is 23.1 Å². The lowest BCUT2D eigenvalue weighted by Crippen LogP contribution is -2.43. The van der Waals surface area contributed by atoms with Crippen LogP contribution in [-0.4, -0.2) is 50.9 Å². The second-order valence-electron chi connectivity index (χ2n) is 8.86. The highest BCUT2D eigenvalue weighted by molar-refractivity contribution is 6.00. The second-order valence-corrected chi connectivity index (χ2v) is 8.86. The highest BCUT2D eigenvalue weighted by Crippen LogP contribution is 2.31. The van der Waals surface area contributed by atoms with Crippen molar-refractivity contribution in [3.63, 3.8) is 0 Å². The lowest BCUT2D eigenvalue weighted by atomic mass is 9.95. The minimum absolute atomic E-state index is 0.0281. The van der Waals surface area contributed by atoms with Gasteiger partial charge in [0.1, 0.15) is 5.82 Å². The molecule has 2 aromatic heterocycles. The molecule has 0 bridgehead atoms. The molecule has 4 heterocycles. The third-order valence-electron chi connectivity index (χ3n) is 6.43.